The van der Waals surface area contributed by atoms with Crippen molar-refractivity contribution in [1.82, 2.24) is 24.8 Å². The molecule has 0 bridgehead atoms. The van der Waals surface area contributed by atoms with Gasteiger partial charge in [-0.2, -0.15) is 14.5 Å². The predicted octanol–water partition coefficient (Wildman–Crippen LogP) is -0.387. The molecule has 1 fully saturated rings. The lowest BCUT2D eigenvalue weighted by Crippen LogP contribution is -2.33. The highest BCUT2D eigenvalue weighted by molar-refractivity contribution is 8.00. The molecule has 1 saturated heterocycles. The molecular formula is C12H16N6O3S2. The van der Waals surface area contributed by atoms with E-state index in [1.165, 1.54) is 16.4 Å². The lowest BCUT2D eigenvalue weighted by atomic mass is 10.2. The van der Waals surface area contributed by atoms with Gasteiger partial charge in [0.25, 0.3) is 5.56 Å². The van der Waals surface area contributed by atoms with Gasteiger partial charge < -0.3 is 15.6 Å². The summed E-state index contributed by atoms with van der Waals surface area (Å²) in [6, 6.07) is 0. The van der Waals surface area contributed by atoms with Crippen LogP contribution in [0.4, 0.5) is 0 Å². The van der Waals surface area contributed by atoms with Gasteiger partial charge in [-0.1, -0.05) is 18.6 Å². The number of aliphatic hydroxyl groups excluding tert-OH is 1. The lowest BCUT2D eigenvalue weighted by molar-refractivity contribution is -0.0143. The summed E-state index contributed by atoms with van der Waals surface area (Å²) in [5, 5.41) is 21.5. The van der Waals surface area contributed by atoms with Crippen LogP contribution in [-0.2, 0) is 11.2 Å². The Morgan fingerprint density at radius 1 is 1.61 bits per heavy atom. The van der Waals surface area contributed by atoms with Crippen LogP contribution in [0.25, 0.3) is 11.0 Å². The molecule has 124 valence electrons. The Morgan fingerprint density at radius 2 is 2.39 bits per heavy atom. The average Bonchev–Trinajstić information content (AvgIpc) is 3.13. The van der Waals surface area contributed by atoms with E-state index in [0.29, 0.717) is 23.4 Å². The summed E-state index contributed by atoms with van der Waals surface area (Å²) in [4.78, 5) is 12.8. The van der Waals surface area contributed by atoms with E-state index < -0.39 is 11.8 Å². The molecule has 23 heavy (non-hydrogen) atoms. The largest absolute Gasteiger partial charge is 0.393 e. The van der Waals surface area contributed by atoms with Crippen molar-refractivity contribution in [1.29, 1.82) is 0 Å². The van der Waals surface area contributed by atoms with Crippen LogP contribution < -0.4 is 11.3 Å². The number of nitrogens with two attached hydrogens (primary N) is 1. The third kappa shape index (κ3) is 2.84. The van der Waals surface area contributed by atoms with E-state index >= 15 is 0 Å². The molecule has 0 spiro atoms. The molecule has 0 amide bonds. The minimum atomic E-state index is -0.592. The zero-order valence-corrected chi connectivity index (χ0v) is 14.0. The lowest BCUT2D eigenvalue weighted by Gasteiger charge is -2.12. The van der Waals surface area contributed by atoms with Crippen molar-refractivity contribution in [3.8, 4) is 0 Å². The van der Waals surface area contributed by atoms with E-state index in [-0.39, 0.29) is 22.7 Å². The highest BCUT2D eigenvalue weighted by Crippen LogP contribution is 2.30. The fraction of sp³-hybridized carbons (Fsp3) is 0.583. The predicted molar refractivity (Wildman–Crippen MR) is 89.2 cm³/mol. The SMILES string of the molecule is CCCc1nn(C(N)=S)c2c(=O)n(C3CSC(CO)O3)nnc12. The van der Waals surface area contributed by atoms with Crippen molar-refractivity contribution in [3.05, 3.63) is 16.0 Å². The smallest absolute Gasteiger partial charge is 0.298 e. The van der Waals surface area contributed by atoms with Crippen molar-refractivity contribution >= 4 is 40.1 Å². The van der Waals surface area contributed by atoms with Crippen LogP contribution in [0.15, 0.2) is 4.79 Å². The molecule has 2 aromatic heterocycles. The molecule has 3 rings (SSSR count). The second kappa shape index (κ2) is 6.51. The molecule has 9 nitrogen and oxygen atoms in total. The molecule has 0 radical (unpaired) electrons. The minimum Gasteiger partial charge on any atom is -0.393 e. The van der Waals surface area contributed by atoms with Gasteiger partial charge in [0.2, 0.25) is 0 Å². The number of nitrogens with zero attached hydrogens (tertiary/aromatic N) is 5. The number of thiocarbonyl (C=S) groups is 1. The standard InChI is InChI=1S/C12H16N6O3S2/c1-2-3-6-9-10(18(15-6)12(13)22)11(20)17(16-14-9)7-5-23-8(4-19)21-7/h7-8,19H,2-5H2,1H3,(H2,13,22). The molecule has 2 aromatic rings. The number of hydrogen-bond donors (Lipinski definition) is 2. The zero-order chi connectivity index (χ0) is 16.6. The highest BCUT2D eigenvalue weighted by atomic mass is 32.2. The Hall–Kier alpha value is -1.56. The Morgan fingerprint density at radius 3 is 3.00 bits per heavy atom. The summed E-state index contributed by atoms with van der Waals surface area (Å²) in [6.07, 6.45) is 0.896. The van der Waals surface area contributed by atoms with Crippen molar-refractivity contribution < 1.29 is 9.84 Å². The number of ether oxygens (including phenoxy) is 1. The van der Waals surface area contributed by atoms with E-state index in [1.54, 1.807) is 0 Å². The maximum atomic E-state index is 12.8. The van der Waals surface area contributed by atoms with Gasteiger partial charge in [0, 0.05) is 5.75 Å². The van der Waals surface area contributed by atoms with E-state index in [1.807, 2.05) is 6.92 Å². The topological polar surface area (TPSA) is 121 Å². The van der Waals surface area contributed by atoms with Crippen LogP contribution in [0, 0.1) is 0 Å². The maximum Gasteiger partial charge on any atom is 0.298 e. The number of hydrogen-bond acceptors (Lipinski definition) is 8. The third-order valence-electron chi connectivity index (χ3n) is 3.43. The Kier molecular flexibility index (Phi) is 4.62. The number of thioether (sulfide) groups is 1. The molecular weight excluding hydrogens is 340 g/mol. The zero-order valence-electron chi connectivity index (χ0n) is 12.4. The Balaban J connectivity index is 2.13. The quantitative estimate of drug-likeness (QED) is 0.706. The van der Waals surface area contributed by atoms with Crippen LogP contribution in [0.5, 0.6) is 0 Å². The summed E-state index contributed by atoms with van der Waals surface area (Å²) < 4.78 is 7.94. The maximum absolute atomic E-state index is 12.8. The van der Waals surface area contributed by atoms with Gasteiger partial charge in [-0.25, -0.2) is 0 Å². The monoisotopic (exact) mass is 356 g/mol. The first-order chi connectivity index (χ1) is 11.1. The second-order valence-corrected chi connectivity index (χ2v) is 6.63. The van der Waals surface area contributed by atoms with Gasteiger partial charge in [0.15, 0.2) is 16.9 Å². The van der Waals surface area contributed by atoms with Crippen LogP contribution in [0.1, 0.15) is 25.3 Å². The van der Waals surface area contributed by atoms with Crippen LogP contribution >= 0.6 is 24.0 Å². The van der Waals surface area contributed by atoms with Gasteiger partial charge in [-0.3, -0.25) is 4.79 Å². The normalized spacial score (nSPS) is 21.1. The summed E-state index contributed by atoms with van der Waals surface area (Å²) >= 11 is 6.39. The molecule has 2 unspecified atom stereocenters. The van der Waals surface area contributed by atoms with Crippen molar-refractivity contribution in [2.75, 3.05) is 12.4 Å². The Bertz CT molecular complexity index is 804. The van der Waals surface area contributed by atoms with E-state index in [2.05, 4.69) is 15.4 Å². The molecule has 0 aromatic carbocycles. The number of fused-ring (bicyclic) bond motifs is 1. The molecule has 2 atom stereocenters. The van der Waals surface area contributed by atoms with Crippen LogP contribution in [0.2, 0.25) is 0 Å². The Labute approximate surface area is 140 Å². The van der Waals surface area contributed by atoms with E-state index in [9.17, 15) is 4.79 Å². The van der Waals surface area contributed by atoms with Crippen LogP contribution in [0.3, 0.4) is 0 Å². The van der Waals surface area contributed by atoms with Gasteiger partial charge >= 0.3 is 0 Å². The summed E-state index contributed by atoms with van der Waals surface area (Å²) in [5.41, 5.74) is 6.14. The highest BCUT2D eigenvalue weighted by Gasteiger charge is 2.30. The second-order valence-electron chi connectivity index (χ2n) is 5.02. The number of aromatic nitrogens is 5. The fourth-order valence-electron chi connectivity index (χ4n) is 2.41. The van der Waals surface area contributed by atoms with Gasteiger partial charge in [-0.05, 0) is 18.6 Å². The summed E-state index contributed by atoms with van der Waals surface area (Å²) in [6.45, 7) is 1.87. The molecule has 1 aliphatic heterocycles. The molecule has 11 heteroatoms. The first kappa shape index (κ1) is 16.3. The van der Waals surface area contributed by atoms with Gasteiger partial charge in [0.1, 0.15) is 11.0 Å². The van der Waals surface area contributed by atoms with Crippen molar-refractivity contribution in [3.63, 3.8) is 0 Å². The van der Waals surface area contributed by atoms with Gasteiger partial charge in [0.05, 0.1) is 12.3 Å². The summed E-state index contributed by atoms with van der Waals surface area (Å²) in [7, 11) is 0. The molecule has 3 N–H and O–H groups in total. The van der Waals surface area contributed by atoms with Crippen molar-refractivity contribution in [2.45, 2.75) is 31.4 Å². The molecule has 1 aliphatic rings. The number of aliphatic hydroxyl groups is 1. The molecule has 0 saturated carbocycles. The van der Waals surface area contributed by atoms with Crippen molar-refractivity contribution in [2.24, 2.45) is 5.73 Å². The van der Waals surface area contributed by atoms with Gasteiger partial charge in [-0.15, -0.1) is 16.9 Å². The first-order valence-corrected chi connectivity index (χ1v) is 8.57. The number of rotatable bonds is 4. The fourth-order valence-corrected chi connectivity index (χ4v) is 3.46. The van der Waals surface area contributed by atoms with Crippen LogP contribution in [-0.4, -0.2) is 52.8 Å². The van der Waals surface area contributed by atoms with E-state index in [4.69, 9.17) is 27.8 Å². The number of aryl methyl sites for hydroxylation is 1. The average molecular weight is 356 g/mol. The van der Waals surface area contributed by atoms with E-state index in [0.717, 1.165) is 11.1 Å². The third-order valence-corrected chi connectivity index (χ3v) is 4.72. The minimum absolute atomic E-state index is 0.0241. The summed E-state index contributed by atoms with van der Waals surface area (Å²) in [5.74, 6) is 0.494. The molecule has 3 heterocycles. The molecule has 0 aliphatic carbocycles. The first-order valence-electron chi connectivity index (χ1n) is 7.11.